The van der Waals surface area contributed by atoms with Crippen LogP contribution in [0.4, 0.5) is 0 Å². The van der Waals surface area contributed by atoms with E-state index in [9.17, 15) is 9.90 Å². The Morgan fingerprint density at radius 2 is 1.71 bits per heavy atom. The van der Waals surface area contributed by atoms with Gasteiger partial charge in [-0.15, -0.1) is 0 Å². The van der Waals surface area contributed by atoms with Crippen molar-refractivity contribution in [2.75, 3.05) is 13.1 Å². The lowest BCUT2D eigenvalue weighted by atomic mass is 9.87. The topological polar surface area (TPSA) is 66.6 Å². The predicted octanol–water partition coefficient (Wildman–Crippen LogP) is 2.73. The number of hydrogen-bond donors (Lipinski definition) is 2. The van der Waals surface area contributed by atoms with E-state index in [0.717, 1.165) is 24.0 Å². The van der Waals surface area contributed by atoms with Crippen molar-refractivity contribution in [3.8, 4) is 0 Å². The lowest BCUT2D eigenvalue weighted by molar-refractivity contribution is 0.0462. The molecule has 0 bridgehead atoms. The summed E-state index contributed by atoms with van der Waals surface area (Å²) in [6.07, 6.45) is 1.19. The molecule has 126 valence electrons. The van der Waals surface area contributed by atoms with Gasteiger partial charge in [0.15, 0.2) is 0 Å². The second-order valence-electron chi connectivity index (χ2n) is 6.39. The number of nitrogens with two attached hydrogens (primary N) is 1. The molecule has 1 unspecified atom stereocenters. The number of carbonyl (C=O) groups is 1. The van der Waals surface area contributed by atoms with E-state index in [-0.39, 0.29) is 11.8 Å². The first-order chi connectivity index (χ1) is 11.7. The van der Waals surface area contributed by atoms with Crippen LogP contribution in [0.1, 0.15) is 40.4 Å². The summed E-state index contributed by atoms with van der Waals surface area (Å²) in [5.41, 5.74) is 8.28. The van der Waals surface area contributed by atoms with E-state index in [0.29, 0.717) is 25.2 Å². The van der Waals surface area contributed by atoms with E-state index in [1.165, 1.54) is 0 Å². The van der Waals surface area contributed by atoms with Crippen molar-refractivity contribution in [2.45, 2.75) is 25.5 Å². The number of aliphatic hydroxyl groups is 1. The highest BCUT2D eigenvalue weighted by molar-refractivity contribution is 5.94. The fraction of sp³-hybridized carbons (Fsp3) is 0.350. The molecular formula is C20H24N2O2. The van der Waals surface area contributed by atoms with E-state index in [1.807, 2.05) is 59.5 Å². The molecule has 1 saturated heterocycles. The molecule has 1 heterocycles. The Hall–Kier alpha value is -2.17. The zero-order valence-corrected chi connectivity index (χ0v) is 13.8. The molecule has 0 spiro atoms. The van der Waals surface area contributed by atoms with E-state index < -0.39 is 6.10 Å². The molecule has 0 aromatic heterocycles. The molecule has 0 saturated carbocycles. The number of likely N-dealkylation sites (tertiary alicyclic amines) is 1. The Morgan fingerprint density at radius 3 is 2.29 bits per heavy atom. The van der Waals surface area contributed by atoms with Crippen LogP contribution in [0.3, 0.4) is 0 Å². The number of nitrogens with zero attached hydrogens (tertiary/aromatic N) is 1. The number of amides is 1. The van der Waals surface area contributed by atoms with Crippen LogP contribution in [-0.2, 0) is 6.54 Å². The van der Waals surface area contributed by atoms with Crippen molar-refractivity contribution in [1.82, 2.24) is 4.90 Å². The van der Waals surface area contributed by atoms with Crippen LogP contribution in [0.25, 0.3) is 0 Å². The average molecular weight is 324 g/mol. The first-order valence-corrected chi connectivity index (χ1v) is 8.50. The van der Waals surface area contributed by atoms with E-state index in [1.54, 1.807) is 0 Å². The summed E-state index contributed by atoms with van der Waals surface area (Å²) in [5.74, 6) is 0.266. The summed E-state index contributed by atoms with van der Waals surface area (Å²) in [6.45, 7) is 1.86. The second-order valence-corrected chi connectivity index (χ2v) is 6.39. The fourth-order valence-electron chi connectivity index (χ4n) is 3.31. The first kappa shape index (κ1) is 16.7. The van der Waals surface area contributed by atoms with Gasteiger partial charge >= 0.3 is 0 Å². The monoisotopic (exact) mass is 324 g/mol. The molecule has 1 aliphatic heterocycles. The van der Waals surface area contributed by atoms with Gasteiger partial charge in [-0.3, -0.25) is 4.79 Å². The molecule has 1 atom stereocenters. The number of hydrogen-bond acceptors (Lipinski definition) is 3. The lowest BCUT2D eigenvalue weighted by Crippen LogP contribution is -2.39. The van der Waals surface area contributed by atoms with Crippen molar-refractivity contribution in [3.05, 3.63) is 71.3 Å². The van der Waals surface area contributed by atoms with Gasteiger partial charge < -0.3 is 15.7 Å². The molecule has 4 nitrogen and oxygen atoms in total. The Labute approximate surface area is 142 Å². The summed E-state index contributed by atoms with van der Waals surface area (Å²) < 4.78 is 0. The highest BCUT2D eigenvalue weighted by Crippen LogP contribution is 2.31. The molecular weight excluding hydrogens is 300 g/mol. The molecule has 0 aliphatic carbocycles. The summed E-state index contributed by atoms with van der Waals surface area (Å²) in [5, 5.41) is 10.5. The Morgan fingerprint density at radius 1 is 1.08 bits per heavy atom. The molecule has 24 heavy (non-hydrogen) atoms. The normalized spacial score (nSPS) is 16.8. The van der Waals surface area contributed by atoms with Gasteiger partial charge in [0.25, 0.3) is 5.91 Å². The number of rotatable bonds is 4. The minimum Gasteiger partial charge on any atom is -0.388 e. The van der Waals surface area contributed by atoms with Crippen molar-refractivity contribution < 1.29 is 9.90 Å². The zero-order valence-electron chi connectivity index (χ0n) is 13.8. The average Bonchev–Trinajstić information content (AvgIpc) is 2.68. The molecule has 2 aromatic rings. The lowest BCUT2D eigenvalue weighted by Gasteiger charge is -2.34. The standard InChI is InChI=1S/C20H24N2O2/c21-14-15-6-8-18(9-7-15)20(24)22-12-10-17(11-13-22)19(23)16-4-2-1-3-5-16/h1-9,17,19,23H,10-14,21H2. The molecule has 2 aromatic carbocycles. The summed E-state index contributed by atoms with van der Waals surface area (Å²) in [4.78, 5) is 14.5. The largest absolute Gasteiger partial charge is 0.388 e. The van der Waals surface area contributed by atoms with Crippen LogP contribution in [0, 0.1) is 5.92 Å². The van der Waals surface area contributed by atoms with Crippen molar-refractivity contribution >= 4 is 5.91 Å². The Balaban J connectivity index is 1.59. The van der Waals surface area contributed by atoms with Gasteiger partial charge in [-0.1, -0.05) is 42.5 Å². The smallest absolute Gasteiger partial charge is 0.253 e. The predicted molar refractivity (Wildman–Crippen MR) is 94.4 cm³/mol. The molecule has 3 N–H and O–H groups in total. The molecule has 4 heteroatoms. The summed E-state index contributed by atoms with van der Waals surface area (Å²) in [6, 6.07) is 17.3. The molecule has 1 amide bonds. The van der Waals surface area contributed by atoms with E-state index in [4.69, 9.17) is 5.73 Å². The van der Waals surface area contributed by atoms with Crippen molar-refractivity contribution in [1.29, 1.82) is 0 Å². The van der Waals surface area contributed by atoms with Crippen LogP contribution in [-0.4, -0.2) is 29.0 Å². The van der Waals surface area contributed by atoms with Gasteiger partial charge in [0, 0.05) is 25.2 Å². The van der Waals surface area contributed by atoms with Gasteiger partial charge in [-0.05, 0) is 42.0 Å². The highest BCUT2D eigenvalue weighted by atomic mass is 16.3. The second kappa shape index (κ2) is 7.60. The van der Waals surface area contributed by atoms with Crippen LogP contribution in [0.5, 0.6) is 0 Å². The third kappa shape index (κ3) is 3.66. The van der Waals surface area contributed by atoms with Crippen LogP contribution in [0.15, 0.2) is 54.6 Å². The van der Waals surface area contributed by atoms with Crippen molar-refractivity contribution in [3.63, 3.8) is 0 Å². The van der Waals surface area contributed by atoms with Crippen LogP contribution in [0.2, 0.25) is 0 Å². The third-order valence-electron chi connectivity index (χ3n) is 4.85. The third-order valence-corrected chi connectivity index (χ3v) is 4.85. The Kier molecular flexibility index (Phi) is 5.28. The maximum absolute atomic E-state index is 12.6. The minimum atomic E-state index is -0.452. The van der Waals surface area contributed by atoms with Gasteiger partial charge in [-0.2, -0.15) is 0 Å². The van der Waals surface area contributed by atoms with Crippen LogP contribution >= 0.6 is 0 Å². The van der Waals surface area contributed by atoms with Crippen LogP contribution < -0.4 is 5.73 Å². The number of carbonyl (C=O) groups excluding carboxylic acids is 1. The SMILES string of the molecule is NCc1ccc(C(=O)N2CCC(C(O)c3ccccc3)CC2)cc1. The quantitative estimate of drug-likeness (QED) is 0.909. The zero-order chi connectivity index (χ0) is 16.9. The molecule has 1 aliphatic rings. The van der Waals surface area contributed by atoms with E-state index in [2.05, 4.69) is 0 Å². The Bertz CT molecular complexity index is 662. The summed E-state index contributed by atoms with van der Waals surface area (Å²) >= 11 is 0. The minimum absolute atomic E-state index is 0.0613. The summed E-state index contributed by atoms with van der Waals surface area (Å²) in [7, 11) is 0. The van der Waals surface area contributed by atoms with Gasteiger partial charge in [-0.25, -0.2) is 0 Å². The fourth-order valence-corrected chi connectivity index (χ4v) is 3.31. The first-order valence-electron chi connectivity index (χ1n) is 8.50. The van der Waals surface area contributed by atoms with Crippen molar-refractivity contribution in [2.24, 2.45) is 11.7 Å². The van der Waals surface area contributed by atoms with Gasteiger partial charge in [0.2, 0.25) is 0 Å². The number of benzene rings is 2. The molecule has 1 fully saturated rings. The maximum atomic E-state index is 12.6. The highest BCUT2D eigenvalue weighted by Gasteiger charge is 2.28. The molecule has 3 rings (SSSR count). The van der Waals surface area contributed by atoms with E-state index >= 15 is 0 Å². The number of aliphatic hydroxyl groups excluding tert-OH is 1. The maximum Gasteiger partial charge on any atom is 0.253 e. The van der Waals surface area contributed by atoms with Gasteiger partial charge in [0.1, 0.15) is 0 Å². The van der Waals surface area contributed by atoms with Gasteiger partial charge in [0.05, 0.1) is 6.10 Å². The molecule has 0 radical (unpaired) electrons. The number of piperidine rings is 1.